The van der Waals surface area contributed by atoms with Crippen LogP contribution in [0.15, 0.2) is 59.5 Å². The maximum atomic E-state index is 13.1. The number of carbonyl (C=O) groups excluding carboxylic acids is 3. The van der Waals surface area contributed by atoms with Gasteiger partial charge in [-0.1, -0.05) is 18.2 Å². The molecule has 37 heavy (non-hydrogen) atoms. The summed E-state index contributed by atoms with van der Waals surface area (Å²) in [6, 6.07) is 14.8. The largest absolute Gasteiger partial charge is 0.330 e. The molecule has 1 aliphatic carbocycles. The fourth-order valence-corrected chi connectivity index (χ4v) is 5.99. The maximum Gasteiger partial charge on any atom is 0.330 e. The van der Waals surface area contributed by atoms with E-state index in [1.54, 1.807) is 31.4 Å². The number of benzene rings is 2. The van der Waals surface area contributed by atoms with Gasteiger partial charge in [0.15, 0.2) is 0 Å². The van der Waals surface area contributed by atoms with Crippen molar-refractivity contribution in [2.45, 2.75) is 31.3 Å². The normalized spacial score (nSPS) is 19.3. The number of nitrogens with zero attached hydrogens (tertiary/aromatic N) is 4. The number of rotatable bonds is 3. The van der Waals surface area contributed by atoms with Crippen LogP contribution in [0.25, 0.3) is 11.0 Å². The van der Waals surface area contributed by atoms with E-state index in [1.165, 1.54) is 14.0 Å². The van der Waals surface area contributed by atoms with Crippen molar-refractivity contribution < 1.29 is 14.4 Å². The summed E-state index contributed by atoms with van der Waals surface area (Å²) in [4.78, 5) is 57.3. The number of hydrogen-bond acceptors (Lipinski definition) is 5. The molecule has 1 atom stereocenters. The van der Waals surface area contributed by atoms with E-state index in [0.29, 0.717) is 41.1 Å². The van der Waals surface area contributed by atoms with Crippen molar-refractivity contribution in [3.05, 3.63) is 81.9 Å². The number of anilines is 3. The molecule has 4 heterocycles. The van der Waals surface area contributed by atoms with Gasteiger partial charge in [-0.05, 0) is 54.3 Å². The van der Waals surface area contributed by atoms with Gasteiger partial charge in [-0.25, -0.2) is 9.78 Å². The topological polar surface area (TPSA) is 118 Å². The van der Waals surface area contributed by atoms with Crippen molar-refractivity contribution in [1.29, 1.82) is 0 Å². The summed E-state index contributed by atoms with van der Waals surface area (Å²) >= 11 is 0. The second-order valence-electron chi connectivity index (χ2n) is 9.87. The molecular weight excluding hydrogens is 472 g/mol. The summed E-state index contributed by atoms with van der Waals surface area (Å²) in [6.07, 6.45) is 2.76. The monoisotopic (exact) mass is 494 g/mol. The van der Waals surface area contributed by atoms with Gasteiger partial charge in [-0.3, -0.25) is 23.5 Å². The van der Waals surface area contributed by atoms with Crippen LogP contribution >= 0.6 is 0 Å². The maximum absolute atomic E-state index is 13.1. The lowest BCUT2D eigenvalue weighted by atomic mass is 9.79. The van der Waals surface area contributed by atoms with Gasteiger partial charge in [0.05, 0.1) is 22.1 Å². The smallest absolute Gasteiger partial charge is 0.325 e. The summed E-state index contributed by atoms with van der Waals surface area (Å²) in [6.45, 7) is -0.248. The predicted octanol–water partition coefficient (Wildman–Crippen LogP) is 1.80. The molecule has 0 saturated heterocycles. The fraction of sp³-hybridized carbons (Fsp3) is 0.222. The number of likely N-dealkylation sites (N-methyl/N-ethyl adjacent to an activating group) is 1. The Hall–Kier alpha value is -4.73. The zero-order chi connectivity index (χ0) is 25.5. The van der Waals surface area contributed by atoms with Gasteiger partial charge in [0.2, 0.25) is 17.7 Å². The summed E-state index contributed by atoms with van der Waals surface area (Å²) in [5, 5.41) is 5.80. The van der Waals surface area contributed by atoms with Crippen LogP contribution in [0.4, 0.5) is 17.2 Å². The second-order valence-corrected chi connectivity index (χ2v) is 9.87. The van der Waals surface area contributed by atoms with Crippen molar-refractivity contribution in [3.8, 4) is 0 Å². The minimum atomic E-state index is -0.682. The molecule has 2 aliphatic heterocycles. The molecule has 0 fully saturated rings. The van der Waals surface area contributed by atoms with Gasteiger partial charge in [0.1, 0.15) is 18.9 Å². The lowest BCUT2D eigenvalue weighted by molar-refractivity contribution is -0.121. The van der Waals surface area contributed by atoms with Crippen LogP contribution in [0, 0.1) is 0 Å². The highest BCUT2D eigenvalue weighted by Gasteiger charge is 2.51. The minimum Gasteiger partial charge on any atom is -0.325 e. The number of pyridine rings is 1. The van der Waals surface area contributed by atoms with E-state index in [9.17, 15) is 19.2 Å². The Morgan fingerprint density at radius 3 is 2.78 bits per heavy atom. The molecule has 4 aromatic rings. The molecule has 0 radical (unpaired) electrons. The van der Waals surface area contributed by atoms with E-state index in [0.717, 1.165) is 16.7 Å². The number of aromatic nitrogens is 3. The first-order chi connectivity index (χ1) is 17.9. The Morgan fingerprint density at radius 1 is 1.08 bits per heavy atom. The zero-order valence-corrected chi connectivity index (χ0v) is 19.9. The van der Waals surface area contributed by atoms with E-state index in [4.69, 9.17) is 0 Å². The van der Waals surface area contributed by atoms with Crippen LogP contribution in [0.2, 0.25) is 0 Å². The van der Waals surface area contributed by atoms with Crippen molar-refractivity contribution >= 4 is 45.9 Å². The highest BCUT2D eigenvalue weighted by atomic mass is 16.2. The van der Waals surface area contributed by atoms with Crippen LogP contribution < -0.4 is 21.2 Å². The Kier molecular flexibility index (Phi) is 4.30. The molecule has 1 unspecified atom stereocenters. The van der Waals surface area contributed by atoms with Crippen molar-refractivity contribution in [2.24, 2.45) is 0 Å². The van der Waals surface area contributed by atoms with Crippen molar-refractivity contribution in [3.63, 3.8) is 0 Å². The molecule has 0 saturated carbocycles. The number of carbonyl (C=O) groups is 3. The van der Waals surface area contributed by atoms with Gasteiger partial charge in [-0.15, -0.1) is 0 Å². The quantitative estimate of drug-likeness (QED) is 0.450. The van der Waals surface area contributed by atoms with Gasteiger partial charge in [0, 0.05) is 24.5 Å². The van der Waals surface area contributed by atoms with Crippen molar-refractivity contribution in [1.82, 2.24) is 14.1 Å². The predicted molar refractivity (Wildman–Crippen MR) is 137 cm³/mol. The third-order valence-corrected chi connectivity index (χ3v) is 7.81. The SMILES string of the molecule is CN1C(=O)Cn2c(=O)n(CC(=O)Nc3ccc4c(c3)CC3(C4)C(=O)Nc4ncccc43)c3cccc1c32. The Labute approximate surface area is 210 Å². The van der Waals surface area contributed by atoms with Gasteiger partial charge in [-0.2, -0.15) is 0 Å². The van der Waals surface area contributed by atoms with Crippen LogP contribution in [0.5, 0.6) is 0 Å². The average Bonchev–Trinajstić information content (AvgIpc) is 3.49. The molecule has 0 bridgehead atoms. The first-order valence-corrected chi connectivity index (χ1v) is 12.0. The molecule has 184 valence electrons. The summed E-state index contributed by atoms with van der Waals surface area (Å²) < 4.78 is 2.82. The fourth-order valence-electron chi connectivity index (χ4n) is 5.99. The molecule has 10 nitrogen and oxygen atoms in total. The number of imidazole rings is 1. The molecule has 3 aliphatic rings. The first kappa shape index (κ1) is 21.5. The van der Waals surface area contributed by atoms with Crippen LogP contribution in [-0.2, 0) is 45.7 Å². The second kappa shape index (κ2) is 7.39. The highest BCUT2D eigenvalue weighted by Crippen LogP contribution is 2.46. The third-order valence-electron chi connectivity index (χ3n) is 7.81. The molecule has 2 N–H and O–H groups in total. The molecule has 1 spiro atoms. The third kappa shape index (κ3) is 2.95. The Morgan fingerprint density at radius 2 is 1.92 bits per heavy atom. The van der Waals surface area contributed by atoms with Gasteiger partial charge >= 0.3 is 5.69 Å². The highest BCUT2D eigenvalue weighted by molar-refractivity contribution is 6.07. The van der Waals surface area contributed by atoms with E-state index in [1.807, 2.05) is 30.3 Å². The number of amides is 3. The van der Waals surface area contributed by atoms with Crippen LogP contribution in [-0.4, -0.2) is 38.9 Å². The van der Waals surface area contributed by atoms with Crippen LogP contribution in [0.3, 0.4) is 0 Å². The summed E-state index contributed by atoms with van der Waals surface area (Å²) in [7, 11) is 1.68. The number of para-hydroxylation sites is 1. The number of nitrogens with one attached hydrogen (secondary N) is 2. The summed E-state index contributed by atoms with van der Waals surface area (Å²) in [5.74, 6) is 0.0129. The molecule has 2 aromatic carbocycles. The lowest BCUT2D eigenvalue weighted by Gasteiger charge is -2.23. The minimum absolute atomic E-state index is 0.0559. The standard InChI is InChI=1S/C27H22N6O4/c1-31-19-5-2-6-20-23(19)33(14-22(31)35)26(37)32(20)13-21(34)29-17-8-7-15-11-27(12-16(15)10-17)18-4-3-9-28-24(18)30-25(27)36/h2-10H,11-14H2,1H3,(H,29,34)(H,28,30,36). The zero-order valence-electron chi connectivity index (χ0n) is 19.9. The van der Waals surface area contributed by atoms with Crippen molar-refractivity contribution in [2.75, 3.05) is 22.6 Å². The van der Waals surface area contributed by atoms with E-state index in [2.05, 4.69) is 15.6 Å². The summed E-state index contributed by atoms with van der Waals surface area (Å²) in [5.41, 5.74) is 4.38. The Bertz CT molecular complexity index is 1750. The molecule has 2 aromatic heterocycles. The molecule has 3 amide bonds. The number of hydrogen-bond donors (Lipinski definition) is 2. The van der Waals surface area contributed by atoms with Crippen LogP contribution in [0.1, 0.15) is 16.7 Å². The molecule has 7 rings (SSSR count). The van der Waals surface area contributed by atoms with E-state index < -0.39 is 11.1 Å². The lowest BCUT2D eigenvalue weighted by Crippen LogP contribution is -2.38. The van der Waals surface area contributed by atoms with Gasteiger partial charge < -0.3 is 15.5 Å². The molecular formula is C27H22N6O4. The number of fused-ring (bicyclic) bond motifs is 3. The molecule has 10 heteroatoms. The first-order valence-electron chi connectivity index (χ1n) is 12.0. The van der Waals surface area contributed by atoms with E-state index in [-0.39, 0.29) is 30.8 Å². The van der Waals surface area contributed by atoms with E-state index >= 15 is 0 Å². The average molecular weight is 495 g/mol. The Balaban J connectivity index is 1.16. The van der Waals surface area contributed by atoms with Gasteiger partial charge in [0.25, 0.3) is 0 Å².